The van der Waals surface area contributed by atoms with E-state index in [-0.39, 0.29) is 23.7 Å². The molecule has 0 N–H and O–H groups in total. The van der Waals surface area contributed by atoms with Crippen molar-refractivity contribution in [2.24, 2.45) is 5.92 Å². The molecule has 1 atom stereocenters. The van der Waals surface area contributed by atoms with Crippen LogP contribution in [0.5, 0.6) is 0 Å². The fraction of sp³-hybridized carbons (Fsp3) is 0.471. The molecule has 1 aliphatic carbocycles. The number of amides is 1. The number of rotatable bonds is 3. The van der Waals surface area contributed by atoms with Gasteiger partial charge in [0.15, 0.2) is 0 Å². The Hall–Kier alpha value is -2.38. The van der Waals surface area contributed by atoms with Gasteiger partial charge in [-0.25, -0.2) is 0 Å². The average Bonchev–Trinajstić information content (AvgIpc) is 3.11. The first kappa shape index (κ1) is 16.1. The molecule has 1 amide bonds. The summed E-state index contributed by atoms with van der Waals surface area (Å²) in [6.45, 7) is 0.765. The second-order valence-electron chi connectivity index (χ2n) is 6.51. The van der Waals surface area contributed by atoms with E-state index < -0.39 is 12.1 Å². The number of nitrogens with zero attached hydrogens (tertiary/aromatic N) is 3. The molecule has 5 nitrogen and oxygen atoms in total. The first-order valence-electron chi connectivity index (χ1n) is 8.25. The zero-order valence-electron chi connectivity index (χ0n) is 13.3. The van der Waals surface area contributed by atoms with E-state index in [1.54, 1.807) is 12.1 Å². The normalized spacial score (nSPS) is 20.9. The average molecular weight is 351 g/mol. The molecule has 8 heteroatoms. The molecule has 1 aromatic heterocycles. The second-order valence-corrected chi connectivity index (χ2v) is 6.51. The molecule has 1 aliphatic heterocycles. The number of alkyl halides is 3. The molecule has 1 unspecified atom stereocenters. The largest absolute Gasteiger partial charge is 0.471 e. The maximum Gasteiger partial charge on any atom is 0.471 e. The Morgan fingerprint density at radius 2 is 1.88 bits per heavy atom. The molecule has 1 saturated carbocycles. The van der Waals surface area contributed by atoms with Gasteiger partial charge in [0, 0.05) is 18.0 Å². The van der Waals surface area contributed by atoms with E-state index in [0.717, 1.165) is 37.8 Å². The van der Waals surface area contributed by atoms with Crippen LogP contribution in [-0.2, 0) is 11.0 Å². The highest BCUT2D eigenvalue weighted by Gasteiger charge is 2.39. The Kier molecular flexibility index (Phi) is 3.77. The number of hydrogen-bond donors (Lipinski definition) is 0. The van der Waals surface area contributed by atoms with Crippen LogP contribution in [0.15, 0.2) is 28.8 Å². The molecule has 0 radical (unpaired) electrons. The van der Waals surface area contributed by atoms with E-state index in [2.05, 4.69) is 14.7 Å². The minimum atomic E-state index is -4.65. The molecule has 4 rings (SSSR count). The van der Waals surface area contributed by atoms with Gasteiger partial charge in [-0.2, -0.15) is 18.2 Å². The van der Waals surface area contributed by atoms with Gasteiger partial charge in [0.1, 0.15) is 0 Å². The summed E-state index contributed by atoms with van der Waals surface area (Å²) in [5, 5.41) is 3.38. The van der Waals surface area contributed by atoms with Crippen molar-refractivity contribution in [3.8, 4) is 11.4 Å². The maximum atomic E-state index is 12.5. The number of carbonyl (C=O) groups is 1. The van der Waals surface area contributed by atoms with E-state index in [1.165, 1.54) is 0 Å². The number of aromatic nitrogens is 2. The lowest BCUT2D eigenvalue weighted by Crippen LogP contribution is -2.31. The van der Waals surface area contributed by atoms with E-state index in [9.17, 15) is 18.0 Å². The van der Waals surface area contributed by atoms with Crippen molar-refractivity contribution in [1.29, 1.82) is 0 Å². The summed E-state index contributed by atoms with van der Waals surface area (Å²) < 4.78 is 41.9. The first-order chi connectivity index (χ1) is 11.9. The fourth-order valence-corrected chi connectivity index (χ4v) is 3.25. The third-order valence-electron chi connectivity index (χ3n) is 4.68. The Bertz CT molecular complexity index is 781. The fourth-order valence-electron chi connectivity index (χ4n) is 3.25. The summed E-state index contributed by atoms with van der Waals surface area (Å²) >= 11 is 0. The van der Waals surface area contributed by atoms with Gasteiger partial charge in [0.25, 0.3) is 0 Å². The molecule has 2 fully saturated rings. The highest BCUT2D eigenvalue weighted by molar-refractivity contribution is 5.81. The summed E-state index contributed by atoms with van der Waals surface area (Å²) in [6, 6.07) is 7.01. The minimum absolute atomic E-state index is 0.0400. The molecular weight excluding hydrogens is 335 g/mol. The summed E-state index contributed by atoms with van der Waals surface area (Å²) in [5.41, 5.74) is 1.43. The van der Waals surface area contributed by atoms with Crippen molar-refractivity contribution in [2.75, 3.05) is 6.54 Å². The highest BCUT2D eigenvalue weighted by atomic mass is 19.4. The summed E-state index contributed by atoms with van der Waals surface area (Å²) in [5.74, 6) is -1.06. The summed E-state index contributed by atoms with van der Waals surface area (Å²) in [4.78, 5) is 17.7. The van der Waals surface area contributed by atoms with Crippen molar-refractivity contribution >= 4 is 5.91 Å². The quantitative estimate of drug-likeness (QED) is 0.843. The third kappa shape index (κ3) is 3.12. The van der Waals surface area contributed by atoms with E-state index >= 15 is 0 Å². The monoisotopic (exact) mass is 351 g/mol. The lowest BCUT2D eigenvalue weighted by atomic mass is 10.0. The molecule has 25 heavy (non-hydrogen) atoms. The lowest BCUT2D eigenvalue weighted by Gasteiger charge is -2.25. The van der Waals surface area contributed by atoms with Gasteiger partial charge in [0.05, 0.1) is 6.04 Å². The molecule has 0 spiro atoms. The predicted molar refractivity (Wildman–Crippen MR) is 81.1 cm³/mol. The highest BCUT2D eigenvalue weighted by Crippen LogP contribution is 2.39. The smallest absolute Gasteiger partial charge is 0.335 e. The van der Waals surface area contributed by atoms with Gasteiger partial charge in [0.2, 0.25) is 11.7 Å². The summed E-state index contributed by atoms with van der Waals surface area (Å²) in [6.07, 6.45) is -0.845. The van der Waals surface area contributed by atoms with Crippen LogP contribution < -0.4 is 0 Å². The van der Waals surface area contributed by atoms with Crippen LogP contribution in [0, 0.1) is 5.92 Å². The molecule has 2 heterocycles. The lowest BCUT2D eigenvalue weighted by molar-refractivity contribution is -0.159. The predicted octanol–water partition coefficient (Wildman–Crippen LogP) is 3.83. The Morgan fingerprint density at radius 3 is 2.48 bits per heavy atom. The zero-order valence-corrected chi connectivity index (χ0v) is 13.3. The van der Waals surface area contributed by atoms with Crippen molar-refractivity contribution in [3.05, 3.63) is 35.7 Å². The van der Waals surface area contributed by atoms with Crippen LogP contribution in [0.25, 0.3) is 11.4 Å². The van der Waals surface area contributed by atoms with Crippen LogP contribution >= 0.6 is 0 Å². The van der Waals surface area contributed by atoms with Gasteiger partial charge in [-0.15, -0.1) is 0 Å². The molecular formula is C17H16F3N3O2. The van der Waals surface area contributed by atoms with Gasteiger partial charge in [-0.1, -0.05) is 29.4 Å². The van der Waals surface area contributed by atoms with Gasteiger partial charge in [-0.3, -0.25) is 4.79 Å². The van der Waals surface area contributed by atoms with Gasteiger partial charge in [-0.05, 0) is 31.2 Å². The van der Waals surface area contributed by atoms with Gasteiger partial charge >= 0.3 is 12.1 Å². The van der Waals surface area contributed by atoms with Crippen molar-refractivity contribution in [1.82, 2.24) is 15.0 Å². The number of likely N-dealkylation sites (tertiary alicyclic amines) is 1. The maximum absolute atomic E-state index is 12.5. The van der Waals surface area contributed by atoms with Crippen molar-refractivity contribution in [2.45, 2.75) is 37.9 Å². The van der Waals surface area contributed by atoms with E-state index in [1.807, 2.05) is 17.0 Å². The molecule has 0 bridgehead atoms. The molecule has 132 valence electrons. The van der Waals surface area contributed by atoms with Gasteiger partial charge < -0.3 is 9.42 Å². The minimum Gasteiger partial charge on any atom is -0.335 e. The number of halogens is 3. The Labute approximate surface area is 141 Å². The Balaban J connectivity index is 1.53. The first-order valence-corrected chi connectivity index (χ1v) is 8.25. The second kappa shape index (κ2) is 5.86. The van der Waals surface area contributed by atoms with Crippen molar-refractivity contribution in [3.63, 3.8) is 0 Å². The van der Waals surface area contributed by atoms with E-state index in [4.69, 9.17) is 0 Å². The molecule has 1 saturated heterocycles. The van der Waals surface area contributed by atoms with Crippen LogP contribution in [-0.4, -0.2) is 27.5 Å². The van der Waals surface area contributed by atoms with Crippen molar-refractivity contribution < 1.29 is 22.5 Å². The molecule has 1 aromatic carbocycles. The number of hydrogen-bond acceptors (Lipinski definition) is 4. The number of benzene rings is 1. The Morgan fingerprint density at radius 1 is 1.16 bits per heavy atom. The summed E-state index contributed by atoms with van der Waals surface area (Å²) in [7, 11) is 0. The standard InChI is InChI=1S/C17H16F3N3O2/c18-17(19,20)16-21-14(22-25-16)11-5-3-10(4-6-11)13-2-1-9-23(13)15(24)12-7-8-12/h3-6,12-13H,1-2,7-9H2. The molecule has 2 aliphatic rings. The topological polar surface area (TPSA) is 59.2 Å². The SMILES string of the molecule is O=C(C1CC1)N1CCCC1c1ccc(-c2noc(C(F)(F)F)n2)cc1. The van der Waals surface area contributed by atoms with E-state index in [0.29, 0.717) is 5.56 Å². The van der Waals surface area contributed by atoms with Crippen LogP contribution in [0.3, 0.4) is 0 Å². The zero-order chi connectivity index (χ0) is 17.6. The third-order valence-corrected chi connectivity index (χ3v) is 4.68. The number of carbonyl (C=O) groups excluding carboxylic acids is 1. The van der Waals surface area contributed by atoms with Crippen LogP contribution in [0.4, 0.5) is 13.2 Å². The van der Waals surface area contributed by atoms with Crippen LogP contribution in [0.1, 0.15) is 43.2 Å². The molecule has 2 aromatic rings. The van der Waals surface area contributed by atoms with Crippen LogP contribution in [0.2, 0.25) is 0 Å².